The van der Waals surface area contributed by atoms with Gasteiger partial charge in [0.1, 0.15) is 11.8 Å². The van der Waals surface area contributed by atoms with Crippen molar-refractivity contribution in [3.05, 3.63) is 83.7 Å². The van der Waals surface area contributed by atoms with Crippen LogP contribution in [-0.4, -0.2) is 81.4 Å². The van der Waals surface area contributed by atoms with Gasteiger partial charge in [-0.2, -0.15) is 5.10 Å². The second-order valence-electron chi connectivity index (χ2n) is 11.4. The van der Waals surface area contributed by atoms with Gasteiger partial charge in [0.15, 0.2) is 5.75 Å². The minimum atomic E-state index is -0.560. The van der Waals surface area contributed by atoms with Crippen molar-refractivity contribution in [1.82, 2.24) is 19.6 Å². The minimum Gasteiger partial charge on any atom is -0.485 e. The third-order valence-corrected chi connectivity index (χ3v) is 8.01. The summed E-state index contributed by atoms with van der Waals surface area (Å²) in [4.78, 5) is 43.6. The number of carbonyl (C=O) groups excluding carboxylic acids is 3. The first-order valence-corrected chi connectivity index (χ1v) is 14.6. The molecule has 4 amide bonds. The summed E-state index contributed by atoms with van der Waals surface area (Å²) in [7, 11) is 3.37. The zero-order chi connectivity index (χ0) is 31.5. The van der Waals surface area contributed by atoms with Crippen molar-refractivity contribution in [2.75, 3.05) is 37.4 Å². The Kier molecular flexibility index (Phi) is 8.86. The summed E-state index contributed by atoms with van der Waals surface area (Å²) in [5.74, 6) is -0.755. The van der Waals surface area contributed by atoms with Gasteiger partial charge in [-0.25, -0.2) is 4.79 Å². The van der Waals surface area contributed by atoms with E-state index in [9.17, 15) is 19.5 Å². The third-order valence-electron chi connectivity index (χ3n) is 8.01. The lowest BCUT2D eigenvalue weighted by atomic mass is 9.99. The van der Waals surface area contributed by atoms with E-state index in [0.717, 1.165) is 10.8 Å². The van der Waals surface area contributed by atoms with Crippen LogP contribution in [0.1, 0.15) is 40.4 Å². The number of aliphatic hydroxyl groups excluding tert-OH is 1. The summed E-state index contributed by atoms with van der Waals surface area (Å²) in [5.41, 5.74) is 2.31. The van der Waals surface area contributed by atoms with E-state index >= 15 is 0 Å². The Hall–Kier alpha value is -4.90. The summed E-state index contributed by atoms with van der Waals surface area (Å²) >= 11 is 0. The molecule has 1 aliphatic heterocycles. The molecule has 44 heavy (non-hydrogen) atoms. The Morgan fingerprint density at radius 2 is 1.80 bits per heavy atom. The highest BCUT2D eigenvalue weighted by atomic mass is 16.5. The highest BCUT2D eigenvalue weighted by Gasteiger charge is 2.35. The van der Waals surface area contributed by atoms with Crippen molar-refractivity contribution in [3.8, 4) is 5.75 Å². The van der Waals surface area contributed by atoms with Crippen LogP contribution in [0.3, 0.4) is 0 Å². The Bertz CT molecular complexity index is 1700. The number of rotatable bonds is 7. The first-order valence-electron chi connectivity index (χ1n) is 14.6. The van der Waals surface area contributed by atoms with Gasteiger partial charge < -0.3 is 30.3 Å². The van der Waals surface area contributed by atoms with Crippen LogP contribution in [0, 0.1) is 12.8 Å². The Morgan fingerprint density at radius 3 is 2.52 bits per heavy atom. The number of fused-ring (bicyclic) bond motifs is 2. The molecule has 4 aromatic rings. The summed E-state index contributed by atoms with van der Waals surface area (Å²) in [6.07, 6.45) is -0.560. The lowest BCUT2D eigenvalue weighted by Gasteiger charge is -2.38. The van der Waals surface area contributed by atoms with E-state index in [-0.39, 0.29) is 42.3 Å². The molecule has 11 nitrogen and oxygen atoms in total. The number of para-hydroxylation sites is 1. The van der Waals surface area contributed by atoms with E-state index in [1.54, 1.807) is 62.0 Å². The number of likely N-dealkylation sites (N-methyl/N-ethyl adjacent to an activating group) is 1. The molecule has 3 aromatic carbocycles. The van der Waals surface area contributed by atoms with Gasteiger partial charge in [0.05, 0.1) is 41.8 Å². The maximum absolute atomic E-state index is 13.8. The Morgan fingerprint density at radius 1 is 1.09 bits per heavy atom. The van der Waals surface area contributed by atoms with Crippen LogP contribution < -0.4 is 15.4 Å². The summed E-state index contributed by atoms with van der Waals surface area (Å²) in [6, 6.07) is 19.5. The van der Waals surface area contributed by atoms with Crippen LogP contribution in [-0.2, 0) is 7.05 Å². The minimum absolute atomic E-state index is 0.190. The molecule has 1 aromatic heterocycles. The smallest absolute Gasteiger partial charge is 0.321 e. The normalized spacial score (nSPS) is 17.2. The van der Waals surface area contributed by atoms with Gasteiger partial charge in [-0.05, 0) is 43.5 Å². The average Bonchev–Trinajstić information content (AvgIpc) is 3.36. The maximum atomic E-state index is 13.8. The van der Waals surface area contributed by atoms with Gasteiger partial charge in [0, 0.05) is 31.9 Å². The summed E-state index contributed by atoms with van der Waals surface area (Å²) < 4.78 is 8.05. The quantitative estimate of drug-likeness (QED) is 0.287. The Labute approximate surface area is 256 Å². The number of aliphatic hydroxyl groups is 1. The number of nitrogens with zero attached hydrogens (tertiary/aromatic N) is 4. The maximum Gasteiger partial charge on any atom is 0.321 e. The molecule has 0 aliphatic carbocycles. The number of aromatic nitrogens is 2. The SMILES string of the molecule is Cc1cc(C(=O)Nc2cccc3c2O[C@H](CN(C)C(=O)Nc2cccc4ccccc24)[C@@H](C)CN([C@@H](C)CO)C3=O)n(C)n1. The molecule has 3 atom stereocenters. The number of aryl methyl sites for hydroxylation is 2. The molecule has 3 N–H and O–H groups in total. The molecule has 11 heteroatoms. The van der Waals surface area contributed by atoms with E-state index in [4.69, 9.17) is 4.74 Å². The third kappa shape index (κ3) is 6.23. The molecule has 0 unspecified atom stereocenters. The second-order valence-corrected chi connectivity index (χ2v) is 11.4. The van der Waals surface area contributed by atoms with E-state index in [1.165, 1.54) is 4.68 Å². The van der Waals surface area contributed by atoms with Crippen LogP contribution in [0.25, 0.3) is 10.8 Å². The first-order chi connectivity index (χ1) is 21.1. The van der Waals surface area contributed by atoms with E-state index in [1.807, 2.05) is 49.4 Å². The molecule has 230 valence electrons. The van der Waals surface area contributed by atoms with Crippen LogP contribution in [0.2, 0.25) is 0 Å². The largest absolute Gasteiger partial charge is 0.485 e. The molecule has 5 rings (SSSR count). The fourth-order valence-electron chi connectivity index (χ4n) is 5.47. The molecular formula is C33H38N6O5. The standard InChI is InChI=1S/C33H38N6O5/c1-20-17-39(22(3)19-40)32(42)25-13-9-15-27(34-31(41)28-16-21(2)36-38(28)5)30(25)44-29(20)18-37(4)33(43)35-26-14-8-11-23-10-6-7-12-24(23)26/h6-16,20,22,29,40H,17-19H2,1-5H3,(H,34,41)(H,35,43)/t20-,22-,29+/m0/s1. The fraction of sp³-hybridized carbons (Fsp3) is 0.333. The highest BCUT2D eigenvalue weighted by Crippen LogP contribution is 2.35. The van der Waals surface area contributed by atoms with Crippen LogP contribution >= 0.6 is 0 Å². The molecule has 0 fully saturated rings. The number of ether oxygens (including phenoxy) is 1. The first kappa shape index (κ1) is 30.6. The van der Waals surface area contributed by atoms with Crippen molar-refractivity contribution in [2.24, 2.45) is 13.0 Å². The molecule has 0 bridgehead atoms. The molecule has 0 radical (unpaired) electrons. The van der Waals surface area contributed by atoms with Gasteiger partial charge >= 0.3 is 6.03 Å². The molecular weight excluding hydrogens is 560 g/mol. The lowest BCUT2D eigenvalue weighted by molar-refractivity contribution is 0.0372. The fourth-order valence-corrected chi connectivity index (χ4v) is 5.47. The number of hydrogen-bond donors (Lipinski definition) is 3. The van der Waals surface area contributed by atoms with E-state index in [0.29, 0.717) is 29.3 Å². The molecule has 0 spiro atoms. The van der Waals surface area contributed by atoms with Crippen molar-refractivity contribution >= 4 is 40.0 Å². The van der Waals surface area contributed by atoms with Crippen LogP contribution in [0.15, 0.2) is 66.7 Å². The predicted molar refractivity (Wildman–Crippen MR) is 169 cm³/mol. The highest BCUT2D eigenvalue weighted by molar-refractivity contribution is 6.06. The second kappa shape index (κ2) is 12.8. The number of benzene rings is 3. The van der Waals surface area contributed by atoms with Gasteiger partial charge in [-0.1, -0.05) is 49.4 Å². The number of nitrogens with one attached hydrogen (secondary N) is 2. The molecule has 0 saturated carbocycles. The van der Waals surface area contributed by atoms with E-state index in [2.05, 4.69) is 15.7 Å². The number of carbonyl (C=O) groups is 3. The predicted octanol–water partition coefficient (Wildman–Crippen LogP) is 4.52. The average molecular weight is 599 g/mol. The van der Waals surface area contributed by atoms with Crippen LogP contribution in [0.4, 0.5) is 16.2 Å². The summed E-state index contributed by atoms with van der Waals surface area (Å²) in [6.45, 7) is 5.79. The van der Waals surface area contributed by atoms with Crippen LogP contribution in [0.5, 0.6) is 5.75 Å². The zero-order valence-electron chi connectivity index (χ0n) is 25.6. The topological polar surface area (TPSA) is 129 Å². The number of hydrogen-bond acceptors (Lipinski definition) is 6. The van der Waals surface area contributed by atoms with Crippen molar-refractivity contribution in [1.29, 1.82) is 0 Å². The van der Waals surface area contributed by atoms with Crippen molar-refractivity contribution < 1.29 is 24.2 Å². The van der Waals surface area contributed by atoms with Gasteiger partial charge in [-0.15, -0.1) is 0 Å². The number of anilines is 2. The molecule has 0 saturated heterocycles. The number of urea groups is 1. The van der Waals surface area contributed by atoms with Gasteiger partial charge in [0.25, 0.3) is 11.8 Å². The molecule has 2 heterocycles. The zero-order valence-corrected chi connectivity index (χ0v) is 25.6. The van der Waals surface area contributed by atoms with Crippen molar-refractivity contribution in [2.45, 2.75) is 32.9 Å². The van der Waals surface area contributed by atoms with E-state index < -0.39 is 18.1 Å². The lowest BCUT2D eigenvalue weighted by Crippen LogP contribution is -2.50. The monoisotopic (exact) mass is 598 g/mol. The summed E-state index contributed by atoms with van der Waals surface area (Å²) in [5, 5.41) is 22.1. The Balaban J connectivity index is 1.45. The van der Waals surface area contributed by atoms with Gasteiger partial charge in [0.2, 0.25) is 0 Å². The molecule has 1 aliphatic rings. The van der Waals surface area contributed by atoms with Gasteiger partial charge in [-0.3, -0.25) is 14.3 Å². The van der Waals surface area contributed by atoms with Crippen molar-refractivity contribution in [3.63, 3.8) is 0 Å². The number of amides is 4.